The van der Waals surface area contributed by atoms with Crippen LogP contribution in [0.1, 0.15) is 17.2 Å². The van der Waals surface area contributed by atoms with Crippen LogP contribution in [0, 0.1) is 17.5 Å². The van der Waals surface area contributed by atoms with Gasteiger partial charge >= 0.3 is 0 Å². The van der Waals surface area contributed by atoms with Crippen molar-refractivity contribution in [2.75, 3.05) is 0 Å². The van der Waals surface area contributed by atoms with Crippen molar-refractivity contribution in [1.82, 2.24) is 0 Å². The summed E-state index contributed by atoms with van der Waals surface area (Å²) in [6.07, 6.45) is 0. The topological polar surface area (TPSA) is 26.0 Å². The van der Waals surface area contributed by atoms with Gasteiger partial charge in [0.25, 0.3) is 0 Å². The van der Waals surface area contributed by atoms with Gasteiger partial charge in [-0.05, 0) is 23.8 Å². The normalized spacial score (nSPS) is 12.5. The first-order valence-electron chi connectivity index (χ1n) is 5.15. The van der Waals surface area contributed by atoms with Crippen molar-refractivity contribution in [1.29, 1.82) is 0 Å². The van der Waals surface area contributed by atoms with E-state index in [0.717, 1.165) is 12.1 Å². The minimum absolute atomic E-state index is 0.0643. The maximum atomic E-state index is 13.7. The molecule has 1 atom stereocenters. The van der Waals surface area contributed by atoms with Crippen LogP contribution in [0.2, 0.25) is 5.02 Å². The minimum atomic E-state index is -1.02. The third kappa shape index (κ3) is 2.35. The van der Waals surface area contributed by atoms with Crippen LogP contribution in [0.15, 0.2) is 36.4 Å². The number of rotatable bonds is 2. The summed E-state index contributed by atoms with van der Waals surface area (Å²) in [4.78, 5) is 0. The molecule has 0 aliphatic heterocycles. The van der Waals surface area contributed by atoms with Crippen molar-refractivity contribution in [3.8, 4) is 0 Å². The minimum Gasteiger partial charge on any atom is -0.320 e. The second-order valence-corrected chi connectivity index (χ2v) is 4.20. The van der Waals surface area contributed by atoms with E-state index in [2.05, 4.69) is 0 Å². The first-order chi connectivity index (χ1) is 8.50. The Labute approximate surface area is 107 Å². The lowest BCUT2D eigenvalue weighted by atomic mass is 9.99. The van der Waals surface area contributed by atoms with Crippen molar-refractivity contribution in [2.24, 2.45) is 5.73 Å². The number of nitrogens with two attached hydrogens (primary N) is 1. The van der Waals surface area contributed by atoms with Crippen LogP contribution >= 0.6 is 11.6 Å². The third-order valence-corrected chi connectivity index (χ3v) is 2.91. The molecular formula is C13H9ClF3N. The molecule has 94 valence electrons. The van der Waals surface area contributed by atoms with Crippen molar-refractivity contribution >= 4 is 11.6 Å². The zero-order valence-electron chi connectivity index (χ0n) is 9.13. The lowest BCUT2D eigenvalue weighted by Crippen LogP contribution is -2.14. The standard InChI is InChI=1S/C13H9ClF3N/c14-9-3-1-2-8(12(9)17)13(18)7-4-5-10(15)11(16)6-7/h1-6,13H,18H2. The fourth-order valence-electron chi connectivity index (χ4n) is 1.65. The average molecular weight is 272 g/mol. The van der Waals surface area contributed by atoms with E-state index in [1.165, 1.54) is 18.2 Å². The second-order valence-electron chi connectivity index (χ2n) is 3.79. The SMILES string of the molecule is NC(c1ccc(F)c(F)c1)c1cccc(Cl)c1F. The Morgan fingerprint density at radius 3 is 2.39 bits per heavy atom. The van der Waals surface area contributed by atoms with Crippen molar-refractivity contribution in [3.05, 3.63) is 70.0 Å². The quantitative estimate of drug-likeness (QED) is 0.883. The fraction of sp³-hybridized carbons (Fsp3) is 0.0769. The Kier molecular flexibility index (Phi) is 3.59. The van der Waals surface area contributed by atoms with Crippen LogP contribution in [-0.2, 0) is 0 Å². The number of halogens is 4. The Morgan fingerprint density at radius 2 is 1.72 bits per heavy atom. The van der Waals surface area contributed by atoms with Gasteiger partial charge in [-0.1, -0.05) is 29.8 Å². The molecule has 0 saturated heterocycles. The molecule has 5 heteroatoms. The maximum Gasteiger partial charge on any atom is 0.159 e. The maximum absolute atomic E-state index is 13.7. The Morgan fingerprint density at radius 1 is 1.00 bits per heavy atom. The number of hydrogen-bond acceptors (Lipinski definition) is 1. The molecule has 0 aliphatic carbocycles. The zero-order chi connectivity index (χ0) is 13.3. The van der Waals surface area contributed by atoms with Gasteiger partial charge in [-0.15, -0.1) is 0 Å². The van der Waals surface area contributed by atoms with Crippen molar-refractivity contribution in [2.45, 2.75) is 6.04 Å². The molecule has 18 heavy (non-hydrogen) atoms. The molecule has 1 unspecified atom stereocenters. The summed E-state index contributed by atoms with van der Waals surface area (Å²) in [5.41, 5.74) is 6.22. The largest absolute Gasteiger partial charge is 0.320 e. The average Bonchev–Trinajstić information content (AvgIpc) is 2.35. The number of hydrogen-bond donors (Lipinski definition) is 1. The smallest absolute Gasteiger partial charge is 0.159 e. The highest BCUT2D eigenvalue weighted by Crippen LogP contribution is 2.27. The predicted octanol–water partition coefficient (Wildman–Crippen LogP) is 3.81. The third-order valence-electron chi connectivity index (χ3n) is 2.62. The molecule has 0 heterocycles. The van der Waals surface area contributed by atoms with Gasteiger partial charge < -0.3 is 5.73 Å². The zero-order valence-corrected chi connectivity index (χ0v) is 9.89. The highest BCUT2D eigenvalue weighted by Gasteiger charge is 2.16. The Balaban J connectivity index is 2.44. The first-order valence-corrected chi connectivity index (χ1v) is 5.53. The fourth-order valence-corrected chi connectivity index (χ4v) is 1.83. The van der Waals surface area contributed by atoms with Crippen molar-refractivity contribution in [3.63, 3.8) is 0 Å². The van der Waals surface area contributed by atoms with Gasteiger partial charge in [-0.3, -0.25) is 0 Å². The van der Waals surface area contributed by atoms with Gasteiger partial charge in [0.15, 0.2) is 11.6 Å². The lowest BCUT2D eigenvalue weighted by molar-refractivity contribution is 0.506. The molecule has 0 bridgehead atoms. The molecule has 2 aromatic rings. The number of benzene rings is 2. The van der Waals surface area contributed by atoms with E-state index in [1.807, 2.05) is 0 Å². The Bertz CT molecular complexity index is 586. The molecule has 0 aromatic heterocycles. The summed E-state index contributed by atoms with van der Waals surface area (Å²) in [6, 6.07) is 6.68. The van der Waals surface area contributed by atoms with Gasteiger partial charge in [0.1, 0.15) is 5.82 Å². The lowest BCUT2D eigenvalue weighted by Gasteiger charge is -2.14. The molecule has 2 rings (SSSR count). The van der Waals surface area contributed by atoms with E-state index < -0.39 is 23.5 Å². The molecule has 0 aliphatic rings. The summed E-state index contributed by atoms with van der Waals surface area (Å²) in [5, 5.41) is -0.0643. The molecule has 2 aromatic carbocycles. The highest BCUT2D eigenvalue weighted by atomic mass is 35.5. The summed E-state index contributed by atoms with van der Waals surface area (Å²) in [6.45, 7) is 0. The molecular weight excluding hydrogens is 263 g/mol. The van der Waals surface area contributed by atoms with Crippen LogP contribution in [0.5, 0.6) is 0 Å². The molecule has 0 saturated carbocycles. The summed E-state index contributed by atoms with van der Waals surface area (Å²) in [5.74, 6) is -2.65. The van der Waals surface area contributed by atoms with Crippen LogP contribution in [0.25, 0.3) is 0 Å². The van der Waals surface area contributed by atoms with Crippen LogP contribution in [0.4, 0.5) is 13.2 Å². The van der Waals surface area contributed by atoms with E-state index >= 15 is 0 Å². The van der Waals surface area contributed by atoms with E-state index in [4.69, 9.17) is 17.3 Å². The Hall–Kier alpha value is -1.52. The van der Waals surface area contributed by atoms with Crippen LogP contribution < -0.4 is 5.73 Å². The molecule has 0 spiro atoms. The van der Waals surface area contributed by atoms with Crippen molar-refractivity contribution < 1.29 is 13.2 Å². The second kappa shape index (κ2) is 5.00. The van der Waals surface area contributed by atoms with E-state index in [-0.39, 0.29) is 16.1 Å². The monoisotopic (exact) mass is 271 g/mol. The first kappa shape index (κ1) is 12.9. The van der Waals surface area contributed by atoms with Gasteiger partial charge in [-0.25, -0.2) is 13.2 Å². The predicted molar refractivity (Wildman–Crippen MR) is 63.8 cm³/mol. The van der Waals surface area contributed by atoms with Crippen LogP contribution in [-0.4, -0.2) is 0 Å². The highest BCUT2D eigenvalue weighted by molar-refractivity contribution is 6.30. The molecule has 0 radical (unpaired) electrons. The van der Waals surface area contributed by atoms with E-state index in [9.17, 15) is 13.2 Å². The summed E-state index contributed by atoms with van der Waals surface area (Å²) < 4.78 is 39.6. The van der Waals surface area contributed by atoms with Gasteiger partial charge in [0.2, 0.25) is 0 Å². The van der Waals surface area contributed by atoms with Gasteiger partial charge in [-0.2, -0.15) is 0 Å². The van der Waals surface area contributed by atoms with E-state index in [1.54, 1.807) is 6.07 Å². The van der Waals surface area contributed by atoms with Gasteiger partial charge in [0.05, 0.1) is 11.1 Å². The van der Waals surface area contributed by atoms with Crippen LogP contribution in [0.3, 0.4) is 0 Å². The van der Waals surface area contributed by atoms with Gasteiger partial charge in [0, 0.05) is 5.56 Å². The summed E-state index contributed by atoms with van der Waals surface area (Å²) in [7, 11) is 0. The molecule has 0 fully saturated rings. The molecule has 2 N–H and O–H groups in total. The molecule has 1 nitrogen and oxygen atoms in total. The van der Waals surface area contributed by atoms with E-state index in [0.29, 0.717) is 0 Å². The molecule has 0 amide bonds. The summed E-state index contributed by atoms with van der Waals surface area (Å²) >= 11 is 5.64.